The Morgan fingerprint density at radius 1 is 1.16 bits per heavy atom. The molecular formula is C29H34N6O3. The smallest absolute Gasteiger partial charge is 0.247 e. The molecule has 1 atom stereocenters. The Labute approximate surface area is 222 Å². The highest BCUT2D eigenvalue weighted by molar-refractivity contribution is 5.98. The third-order valence-corrected chi connectivity index (χ3v) is 6.51. The van der Waals surface area contributed by atoms with Gasteiger partial charge in [0.05, 0.1) is 6.54 Å². The van der Waals surface area contributed by atoms with E-state index in [0.717, 1.165) is 48.8 Å². The number of benzene rings is 2. The number of unbranched alkanes of at least 4 members (excludes halogenated alkanes) is 1. The van der Waals surface area contributed by atoms with Gasteiger partial charge >= 0.3 is 0 Å². The summed E-state index contributed by atoms with van der Waals surface area (Å²) in [6.45, 7) is 2.98. The molecule has 1 aliphatic heterocycles. The van der Waals surface area contributed by atoms with Gasteiger partial charge in [-0.3, -0.25) is 14.9 Å². The molecule has 0 unspecified atom stereocenters. The van der Waals surface area contributed by atoms with E-state index in [1.165, 1.54) is 5.56 Å². The molecule has 0 radical (unpaired) electrons. The van der Waals surface area contributed by atoms with Gasteiger partial charge in [-0.15, -0.1) is 0 Å². The van der Waals surface area contributed by atoms with Crippen molar-refractivity contribution in [2.45, 2.75) is 51.5 Å². The maximum Gasteiger partial charge on any atom is 0.247 e. The number of likely N-dealkylation sites (tertiary alicyclic amines) is 1. The number of carbonyl (C=O) groups is 2. The molecule has 0 spiro atoms. The zero-order valence-electron chi connectivity index (χ0n) is 21.7. The van der Waals surface area contributed by atoms with Crippen molar-refractivity contribution in [1.82, 2.24) is 15.5 Å². The number of furan rings is 1. The SMILES string of the molecule is Cc1cc2cc(NC(=N[C@H]3CCCCN(CC(=O)NCCCCc4ccccc4)C3=O)NC#N)ccc2o1. The molecule has 1 fully saturated rings. The highest BCUT2D eigenvalue weighted by Crippen LogP contribution is 2.23. The summed E-state index contributed by atoms with van der Waals surface area (Å²) >= 11 is 0. The molecule has 3 aromatic rings. The zero-order valence-corrected chi connectivity index (χ0v) is 21.7. The van der Waals surface area contributed by atoms with Crippen molar-refractivity contribution in [1.29, 1.82) is 5.26 Å². The minimum absolute atomic E-state index is 0.00842. The second-order valence-corrected chi connectivity index (χ2v) is 9.51. The molecule has 2 amide bonds. The lowest BCUT2D eigenvalue weighted by Crippen LogP contribution is -2.44. The van der Waals surface area contributed by atoms with Gasteiger partial charge in [0.15, 0.2) is 6.19 Å². The number of anilines is 1. The quantitative estimate of drug-likeness (QED) is 0.130. The Balaban J connectivity index is 1.32. The number of carbonyl (C=O) groups excluding carboxylic acids is 2. The number of nitriles is 1. The van der Waals surface area contributed by atoms with E-state index in [9.17, 15) is 14.9 Å². The van der Waals surface area contributed by atoms with Gasteiger partial charge in [-0.25, -0.2) is 4.99 Å². The van der Waals surface area contributed by atoms with E-state index in [0.29, 0.717) is 25.2 Å². The number of hydrogen-bond acceptors (Lipinski definition) is 5. The summed E-state index contributed by atoms with van der Waals surface area (Å²) < 4.78 is 5.61. The van der Waals surface area contributed by atoms with E-state index < -0.39 is 6.04 Å². The summed E-state index contributed by atoms with van der Waals surface area (Å²) in [5, 5.41) is 18.8. The van der Waals surface area contributed by atoms with Crippen LogP contribution in [-0.4, -0.2) is 48.3 Å². The summed E-state index contributed by atoms with van der Waals surface area (Å²) in [5.74, 6) is 0.623. The first kappa shape index (κ1) is 26.7. The molecule has 4 rings (SSSR count). The van der Waals surface area contributed by atoms with Crippen molar-refractivity contribution in [2.75, 3.05) is 25.0 Å². The predicted molar refractivity (Wildman–Crippen MR) is 147 cm³/mol. The molecule has 2 heterocycles. The molecule has 38 heavy (non-hydrogen) atoms. The van der Waals surface area contributed by atoms with Crippen LogP contribution in [0.15, 0.2) is 64.0 Å². The van der Waals surface area contributed by atoms with Crippen LogP contribution in [0.1, 0.15) is 43.4 Å². The topological polar surface area (TPSA) is 123 Å². The van der Waals surface area contributed by atoms with Gasteiger partial charge in [0.1, 0.15) is 17.4 Å². The van der Waals surface area contributed by atoms with Gasteiger partial charge in [-0.1, -0.05) is 30.3 Å². The van der Waals surface area contributed by atoms with E-state index in [4.69, 9.17) is 4.42 Å². The fourth-order valence-electron chi connectivity index (χ4n) is 4.61. The molecule has 1 aromatic heterocycles. The van der Waals surface area contributed by atoms with Gasteiger partial charge in [0, 0.05) is 24.2 Å². The zero-order chi connectivity index (χ0) is 26.7. The standard InChI is InChI=1S/C29H34N6O3/c1-21-17-23-18-24(13-14-26(23)38-21)33-29(32-20-30)34-25-12-6-8-16-35(28(25)37)19-27(36)31-15-7-5-11-22-9-3-2-4-10-22/h2-4,9-10,13-14,17-18,25H,5-8,11-12,15-16,19H2,1H3,(H,31,36)(H2,32,33,34)/t25-/m0/s1. The Hall–Kier alpha value is -4.32. The van der Waals surface area contributed by atoms with Gasteiger partial charge < -0.3 is 20.0 Å². The Morgan fingerprint density at radius 2 is 2.00 bits per heavy atom. The van der Waals surface area contributed by atoms with Crippen LogP contribution >= 0.6 is 0 Å². The second-order valence-electron chi connectivity index (χ2n) is 9.51. The minimum atomic E-state index is -0.681. The number of amides is 2. The van der Waals surface area contributed by atoms with Crippen LogP contribution < -0.4 is 16.0 Å². The molecule has 0 saturated carbocycles. The van der Waals surface area contributed by atoms with E-state index in [2.05, 4.69) is 33.1 Å². The van der Waals surface area contributed by atoms with E-state index in [1.807, 2.05) is 55.6 Å². The van der Waals surface area contributed by atoms with Crippen molar-refractivity contribution in [2.24, 2.45) is 4.99 Å². The summed E-state index contributed by atoms with van der Waals surface area (Å²) in [4.78, 5) is 32.0. The van der Waals surface area contributed by atoms with Crippen LogP contribution in [0.2, 0.25) is 0 Å². The number of hydrogen-bond donors (Lipinski definition) is 3. The number of rotatable bonds is 9. The van der Waals surface area contributed by atoms with Crippen LogP contribution in [0.25, 0.3) is 11.0 Å². The lowest BCUT2D eigenvalue weighted by molar-refractivity contribution is -0.136. The number of aryl methyl sites for hydroxylation is 2. The largest absolute Gasteiger partial charge is 0.461 e. The number of nitrogens with one attached hydrogen (secondary N) is 3. The average Bonchev–Trinajstić information content (AvgIpc) is 3.20. The third-order valence-electron chi connectivity index (χ3n) is 6.51. The average molecular weight is 515 g/mol. The van der Waals surface area contributed by atoms with Crippen molar-refractivity contribution in [3.8, 4) is 6.19 Å². The maximum absolute atomic E-state index is 13.3. The van der Waals surface area contributed by atoms with Gasteiger partial charge in [-0.05, 0) is 75.3 Å². The predicted octanol–water partition coefficient (Wildman–Crippen LogP) is 4.10. The molecule has 3 N–H and O–H groups in total. The second kappa shape index (κ2) is 13.3. The van der Waals surface area contributed by atoms with Crippen molar-refractivity contribution >= 4 is 34.4 Å². The van der Waals surface area contributed by atoms with Crippen LogP contribution in [0.4, 0.5) is 5.69 Å². The Kier molecular flexibility index (Phi) is 9.35. The number of fused-ring (bicyclic) bond motifs is 1. The van der Waals surface area contributed by atoms with Gasteiger partial charge in [0.25, 0.3) is 0 Å². The first-order chi connectivity index (χ1) is 18.5. The summed E-state index contributed by atoms with van der Waals surface area (Å²) in [6.07, 6.45) is 6.87. The van der Waals surface area contributed by atoms with Crippen LogP contribution in [-0.2, 0) is 16.0 Å². The van der Waals surface area contributed by atoms with E-state index in [1.54, 1.807) is 4.90 Å². The van der Waals surface area contributed by atoms with Gasteiger partial charge in [-0.2, -0.15) is 5.26 Å². The molecule has 9 nitrogen and oxygen atoms in total. The molecule has 0 aliphatic carbocycles. The number of guanidine groups is 1. The van der Waals surface area contributed by atoms with Crippen LogP contribution in [0, 0.1) is 18.4 Å². The third kappa shape index (κ3) is 7.59. The first-order valence-electron chi connectivity index (χ1n) is 13.1. The highest BCUT2D eigenvalue weighted by atomic mass is 16.3. The molecule has 0 bridgehead atoms. The van der Waals surface area contributed by atoms with Gasteiger partial charge in [0.2, 0.25) is 17.8 Å². The minimum Gasteiger partial charge on any atom is -0.461 e. The maximum atomic E-state index is 13.3. The first-order valence-corrected chi connectivity index (χ1v) is 13.1. The van der Waals surface area contributed by atoms with E-state index >= 15 is 0 Å². The van der Waals surface area contributed by atoms with Crippen molar-refractivity contribution in [3.05, 3.63) is 65.9 Å². The van der Waals surface area contributed by atoms with Crippen LogP contribution in [0.5, 0.6) is 0 Å². The summed E-state index contributed by atoms with van der Waals surface area (Å²) in [7, 11) is 0. The fraction of sp³-hybridized carbons (Fsp3) is 0.379. The highest BCUT2D eigenvalue weighted by Gasteiger charge is 2.28. The lowest BCUT2D eigenvalue weighted by Gasteiger charge is -2.22. The van der Waals surface area contributed by atoms with Crippen molar-refractivity contribution in [3.63, 3.8) is 0 Å². The molecular weight excluding hydrogens is 480 g/mol. The molecule has 1 saturated heterocycles. The molecule has 198 valence electrons. The number of aliphatic imine (C=N–C) groups is 1. The van der Waals surface area contributed by atoms with E-state index in [-0.39, 0.29) is 24.3 Å². The monoisotopic (exact) mass is 514 g/mol. The summed E-state index contributed by atoms with van der Waals surface area (Å²) in [5.41, 5.74) is 2.77. The molecule has 9 heteroatoms. The molecule has 2 aromatic carbocycles. The summed E-state index contributed by atoms with van der Waals surface area (Å²) in [6, 6.07) is 17.1. The van der Waals surface area contributed by atoms with Crippen molar-refractivity contribution < 1.29 is 14.0 Å². The Morgan fingerprint density at radius 3 is 2.82 bits per heavy atom. The Bertz CT molecular complexity index is 1310. The fourth-order valence-corrected chi connectivity index (χ4v) is 4.61. The normalized spacial score (nSPS) is 16.1. The van der Waals surface area contributed by atoms with Crippen LogP contribution in [0.3, 0.4) is 0 Å². The molecule has 1 aliphatic rings. The lowest BCUT2D eigenvalue weighted by atomic mass is 10.1. The number of nitrogens with zero attached hydrogens (tertiary/aromatic N) is 3.